The summed E-state index contributed by atoms with van der Waals surface area (Å²) in [6.45, 7) is 4.06. The predicted octanol–water partition coefficient (Wildman–Crippen LogP) is 4.15. The van der Waals surface area contributed by atoms with Crippen molar-refractivity contribution in [1.29, 1.82) is 0 Å². The molecule has 2 N–H and O–H groups in total. The Balaban J connectivity index is 1.42. The number of nitrogens with one attached hydrogen (secondary N) is 2. The van der Waals surface area contributed by atoms with Crippen LogP contribution in [0, 0.1) is 19.8 Å². The number of sulfonamides is 2. The maximum absolute atomic E-state index is 13.1. The molecular weight excluding hydrogens is 526 g/mol. The number of methoxy groups -OCH3 is 1. The highest BCUT2D eigenvalue weighted by Crippen LogP contribution is 2.27. The van der Waals surface area contributed by atoms with Crippen molar-refractivity contribution in [1.82, 2.24) is 4.31 Å². The number of nitrogens with zero attached hydrogens (tertiary/aromatic N) is 1. The van der Waals surface area contributed by atoms with E-state index in [2.05, 4.69) is 10.0 Å². The van der Waals surface area contributed by atoms with Crippen molar-refractivity contribution in [2.24, 2.45) is 5.92 Å². The highest BCUT2D eigenvalue weighted by atomic mass is 32.2. The molecule has 202 valence electrons. The van der Waals surface area contributed by atoms with Crippen LogP contribution < -0.4 is 14.8 Å². The van der Waals surface area contributed by atoms with Crippen LogP contribution in [-0.4, -0.2) is 47.2 Å². The van der Waals surface area contributed by atoms with E-state index in [4.69, 9.17) is 4.74 Å². The van der Waals surface area contributed by atoms with Gasteiger partial charge in [0.05, 0.1) is 28.5 Å². The van der Waals surface area contributed by atoms with Gasteiger partial charge in [0.2, 0.25) is 15.9 Å². The number of hydrogen-bond acceptors (Lipinski definition) is 6. The maximum atomic E-state index is 13.1. The summed E-state index contributed by atoms with van der Waals surface area (Å²) >= 11 is 0. The van der Waals surface area contributed by atoms with Crippen LogP contribution in [0.5, 0.6) is 5.75 Å². The highest BCUT2D eigenvalue weighted by Gasteiger charge is 2.33. The molecule has 0 radical (unpaired) electrons. The number of anilines is 2. The zero-order valence-electron chi connectivity index (χ0n) is 21.5. The van der Waals surface area contributed by atoms with Gasteiger partial charge in [0.1, 0.15) is 5.75 Å². The number of aryl methyl sites for hydroxylation is 2. The molecule has 38 heavy (non-hydrogen) atoms. The van der Waals surface area contributed by atoms with Crippen molar-refractivity contribution in [2.75, 3.05) is 30.2 Å². The van der Waals surface area contributed by atoms with Crippen LogP contribution in [0.3, 0.4) is 0 Å². The third kappa shape index (κ3) is 6.01. The molecule has 1 amide bonds. The number of carbonyl (C=O) groups is 1. The molecule has 1 saturated heterocycles. The summed E-state index contributed by atoms with van der Waals surface area (Å²) in [6.07, 6.45) is 1.10. The van der Waals surface area contributed by atoms with E-state index in [0.29, 0.717) is 36.5 Å². The predicted molar refractivity (Wildman–Crippen MR) is 146 cm³/mol. The van der Waals surface area contributed by atoms with Gasteiger partial charge >= 0.3 is 0 Å². The molecule has 11 heteroatoms. The third-order valence-corrected chi connectivity index (χ3v) is 9.85. The fourth-order valence-corrected chi connectivity index (χ4v) is 7.13. The number of piperidine rings is 1. The minimum absolute atomic E-state index is 0.0619. The molecular formula is C27H31N3O6S2. The summed E-state index contributed by atoms with van der Waals surface area (Å²) < 4.78 is 61.1. The summed E-state index contributed by atoms with van der Waals surface area (Å²) in [5, 5.41) is 2.79. The van der Waals surface area contributed by atoms with Gasteiger partial charge in [0, 0.05) is 18.8 Å². The quantitative estimate of drug-likeness (QED) is 0.429. The first kappa shape index (κ1) is 27.6. The van der Waals surface area contributed by atoms with Gasteiger partial charge in [-0.3, -0.25) is 9.52 Å². The Bertz CT molecular complexity index is 1500. The van der Waals surface area contributed by atoms with Crippen LogP contribution in [0.4, 0.5) is 11.4 Å². The highest BCUT2D eigenvalue weighted by molar-refractivity contribution is 7.92. The number of rotatable bonds is 8. The molecule has 1 aliphatic heterocycles. The van der Waals surface area contributed by atoms with E-state index in [1.54, 1.807) is 12.1 Å². The lowest BCUT2D eigenvalue weighted by Crippen LogP contribution is -2.43. The zero-order chi connectivity index (χ0) is 27.5. The Labute approximate surface area is 223 Å². The zero-order valence-corrected chi connectivity index (χ0v) is 23.1. The summed E-state index contributed by atoms with van der Waals surface area (Å²) in [4.78, 5) is 13.2. The summed E-state index contributed by atoms with van der Waals surface area (Å²) in [7, 11) is -6.07. The summed E-state index contributed by atoms with van der Waals surface area (Å²) in [5.74, 6) is -0.297. The topological polar surface area (TPSA) is 122 Å². The van der Waals surface area contributed by atoms with Crippen LogP contribution >= 0.6 is 0 Å². The molecule has 9 nitrogen and oxygen atoms in total. The van der Waals surface area contributed by atoms with Gasteiger partial charge in [-0.1, -0.05) is 18.2 Å². The normalized spacial score (nSPS) is 16.6. The van der Waals surface area contributed by atoms with Gasteiger partial charge in [0.15, 0.2) is 0 Å². The van der Waals surface area contributed by atoms with Gasteiger partial charge < -0.3 is 10.1 Å². The lowest BCUT2D eigenvalue weighted by Gasteiger charge is -2.31. The molecule has 0 spiro atoms. The lowest BCUT2D eigenvalue weighted by atomic mass is 9.99. The van der Waals surface area contributed by atoms with E-state index < -0.39 is 26.0 Å². The van der Waals surface area contributed by atoms with E-state index in [-0.39, 0.29) is 22.2 Å². The lowest BCUT2D eigenvalue weighted by molar-refractivity contribution is -0.120. The largest absolute Gasteiger partial charge is 0.497 e. The first-order chi connectivity index (χ1) is 18.0. The second kappa shape index (κ2) is 11.1. The molecule has 1 aliphatic rings. The number of para-hydroxylation sites is 1. The maximum Gasteiger partial charge on any atom is 0.261 e. The third-order valence-electron chi connectivity index (χ3n) is 6.60. The van der Waals surface area contributed by atoms with Crippen LogP contribution in [0.1, 0.15) is 24.0 Å². The van der Waals surface area contributed by atoms with Crippen LogP contribution in [0.25, 0.3) is 0 Å². The Morgan fingerprint density at radius 3 is 2.11 bits per heavy atom. The standard InChI is InChI=1S/C27H31N3O6S2/c1-19-6-4-7-20(2)26(19)29-37(32,33)24-13-9-22(10-14-24)28-27(31)21-8-5-17-30(18-21)38(34,35)25-15-11-23(36-3)12-16-25/h4,6-7,9-16,21,29H,5,8,17-18H2,1-3H3,(H,28,31). The molecule has 3 aromatic rings. The van der Waals surface area contributed by atoms with Gasteiger partial charge in [-0.2, -0.15) is 4.31 Å². The first-order valence-corrected chi connectivity index (χ1v) is 15.1. The Kier molecular flexibility index (Phi) is 8.10. The van der Waals surface area contributed by atoms with Crippen LogP contribution in [0.2, 0.25) is 0 Å². The fourth-order valence-electron chi connectivity index (χ4n) is 4.40. The molecule has 0 bridgehead atoms. The van der Waals surface area contributed by atoms with E-state index in [1.165, 1.54) is 47.8 Å². The number of hydrogen-bond donors (Lipinski definition) is 2. The van der Waals surface area contributed by atoms with Gasteiger partial charge in [0.25, 0.3) is 10.0 Å². The van der Waals surface area contributed by atoms with Crippen molar-refractivity contribution >= 4 is 37.3 Å². The monoisotopic (exact) mass is 557 g/mol. The van der Waals surface area contributed by atoms with Crippen molar-refractivity contribution in [3.05, 3.63) is 77.9 Å². The molecule has 1 atom stereocenters. The molecule has 1 unspecified atom stereocenters. The number of ether oxygens (including phenoxy) is 1. The van der Waals surface area contributed by atoms with E-state index >= 15 is 0 Å². The van der Waals surface area contributed by atoms with Crippen molar-refractivity contribution in [2.45, 2.75) is 36.5 Å². The average molecular weight is 558 g/mol. The molecule has 0 aromatic heterocycles. The van der Waals surface area contributed by atoms with E-state index in [0.717, 1.165) is 11.1 Å². The van der Waals surface area contributed by atoms with E-state index in [9.17, 15) is 21.6 Å². The molecule has 0 aliphatic carbocycles. The second-order valence-corrected chi connectivity index (χ2v) is 12.9. The van der Waals surface area contributed by atoms with Gasteiger partial charge in [-0.25, -0.2) is 16.8 Å². The SMILES string of the molecule is COc1ccc(S(=O)(=O)N2CCCC(C(=O)Nc3ccc(S(=O)(=O)Nc4c(C)cccc4C)cc3)C2)cc1. The van der Waals surface area contributed by atoms with Crippen molar-refractivity contribution in [3.63, 3.8) is 0 Å². The smallest absolute Gasteiger partial charge is 0.261 e. The second-order valence-electron chi connectivity index (χ2n) is 9.26. The minimum atomic E-state index is -3.82. The van der Waals surface area contributed by atoms with Crippen molar-refractivity contribution < 1.29 is 26.4 Å². The first-order valence-electron chi connectivity index (χ1n) is 12.2. The fraction of sp³-hybridized carbons (Fsp3) is 0.296. The number of benzene rings is 3. The minimum Gasteiger partial charge on any atom is -0.497 e. The van der Waals surface area contributed by atoms with E-state index in [1.807, 2.05) is 32.0 Å². The molecule has 1 heterocycles. The Hall–Kier alpha value is -3.41. The van der Waals surface area contributed by atoms with Crippen LogP contribution in [-0.2, 0) is 24.8 Å². The van der Waals surface area contributed by atoms with Gasteiger partial charge in [-0.15, -0.1) is 0 Å². The van der Waals surface area contributed by atoms with Crippen LogP contribution in [0.15, 0.2) is 76.5 Å². The molecule has 4 rings (SSSR count). The Morgan fingerprint density at radius 2 is 1.50 bits per heavy atom. The van der Waals surface area contributed by atoms with Gasteiger partial charge in [-0.05, 0) is 86.3 Å². The average Bonchev–Trinajstić information content (AvgIpc) is 2.91. The van der Waals surface area contributed by atoms with Crippen molar-refractivity contribution in [3.8, 4) is 5.75 Å². The number of amides is 1. The summed E-state index contributed by atoms with van der Waals surface area (Å²) in [5.41, 5.74) is 2.59. The number of carbonyl (C=O) groups excluding carboxylic acids is 1. The summed E-state index contributed by atoms with van der Waals surface area (Å²) in [6, 6.07) is 17.6. The molecule has 1 fully saturated rings. The molecule has 0 saturated carbocycles. The Morgan fingerprint density at radius 1 is 0.895 bits per heavy atom. The molecule has 3 aromatic carbocycles.